The minimum atomic E-state index is -0.491. The van der Waals surface area contributed by atoms with E-state index in [9.17, 15) is 0 Å². The summed E-state index contributed by atoms with van der Waals surface area (Å²) in [5, 5.41) is 5.10. The van der Waals surface area contributed by atoms with Crippen molar-refractivity contribution in [2.45, 2.75) is 11.3 Å². The van der Waals surface area contributed by atoms with Crippen LogP contribution in [-0.2, 0) is 5.41 Å². The van der Waals surface area contributed by atoms with Crippen LogP contribution in [0.15, 0.2) is 231 Å². The maximum atomic E-state index is 2.47. The van der Waals surface area contributed by atoms with Crippen molar-refractivity contribution in [2.75, 3.05) is 4.90 Å². The van der Waals surface area contributed by atoms with Gasteiger partial charge in [-0.3, -0.25) is 0 Å². The van der Waals surface area contributed by atoms with Crippen LogP contribution in [0, 0.1) is 0 Å². The molecule has 1 heteroatoms. The zero-order chi connectivity index (χ0) is 38.9. The van der Waals surface area contributed by atoms with Crippen LogP contribution in [0.2, 0.25) is 0 Å². The number of hydrogen-bond donors (Lipinski definition) is 0. The van der Waals surface area contributed by atoms with Crippen molar-refractivity contribution in [3.8, 4) is 22.3 Å². The molecule has 0 N–H and O–H groups in total. The van der Waals surface area contributed by atoms with Crippen LogP contribution in [0.25, 0.3) is 43.8 Å². The summed E-state index contributed by atoms with van der Waals surface area (Å²) in [6.45, 7) is 0. The third kappa shape index (κ3) is 5.05. The Morgan fingerprint density at radius 2 is 0.864 bits per heavy atom. The van der Waals surface area contributed by atoms with Crippen molar-refractivity contribution in [2.24, 2.45) is 0 Å². The molecule has 1 nitrogen and oxygen atoms in total. The van der Waals surface area contributed by atoms with Crippen molar-refractivity contribution in [1.29, 1.82) is 0 Å². The van der Waals surface area contributed by atoms with Gasteiger partial charge in [0, 0.05) is 23.0 Å². The lowest BCUT2D eigenvalue weighted by Gasteiger charge is -2.35. The van der Waals surface area contributed by atoms with Gasteiger partial charge in [-0.1, -0.05) is 194 Å². The van der Waals surface area contributed by atoms with E-state index >= 15 is 0 Å². The van der Waals surface area contributed by atoms with Crippen molar-refractivity contribution in [1.82, 2.24) is 0 Å². The summed E-state index contributed by atoms with van der Waals surface area (Å²) in [4.78, 5) is 2.45. The molecule has 0 aromatic heterocycles. The Labute approximate surface area is 345 Å². The first-order chi connectivity index (χ1) is 29.3. The Kier molecular flexibility index (Phi) is 7.58. The van der Waals surface area contributed by atoms with Gasteiger partial charge in [0.05, 0.1) is 5.41 Å². The van der Waals surface area contributed by atoms with Crippen LogP contribution in [0.5, 0.6) is 0 Å². The normalized spacial score (nSPS) is 14.4. The minimum Gasteiger partial charge on any atom is -0.310 e. The van der Waals surface area contributed by atoms with Gasteiger partial charge in [-0.25, -0.2) is 0 Å². The van der Waals surface area contributed by atoms with Crippen LogP contribution in [0.3, 0.4) is 0 Å². The van der Waals surface area contributed by atoms with Crippen LogP contribution >= 0.6 is 0 Å². The maximum absolute atomic E-state index is 2.47. The summed E-state index contributed by atoms with van der Waals surface area (Å²) in [6.07, 6.45) is 0. The Hall–Kier alpha value is -7.48. The Balaban J connectivity index is 1.06. The molecule has 0 heterocycles. The molecule has 1 unspecified atom stereocenters. The molecular formula is C58H39N. The number of rotatable bonds is 6. The lowest BCUT2D eigenvalue weighted by atomic mass is 9.67. The summed E-state index contributed by atoms with van der Waals surface area (Å²) in [5.74, 6) is 0.129. The zero-order valence-corrected chi connectivity index (χ0v) is 32.5. The molecule has 0 saturated heterocycles. The largest absolute Gasteiger partial charge is 0.310 e. The van der Waals surface area contributed by atoms with E-state index in [0.717, 1.165) is 17.1 Å². The number of nitrogens with zero attached hydrogens (tertiary/aromatic N) is 1. The fraction of sp³-hybridized carbons (Fsp3) is 0.0345. The molecular weight excluding hydrogens is 711 g/mol. The van der Waals surface area contributed by atoms with E-state index in [1.165, 1.54) is 82.7 Å². The SMILES string of the molecule is c1ccc(C2(c3ccccc3)c3ccccc3-c3ccc(N(c4ccc(C5c6ccccc6-c6cccc7cccc5c67)cc4)c4ccc5ccccc5c4)cc32)cc1. The van der Waals surface area contributed by atoms with Gasteiger partial charge in [0.2, 0.25) is 0 Å². The zero-order valence-electron chi connectivity index (χ0n) is 32.5. The second-order valence-corrected chi connectivity index (χ2v) is 16.0. The summed E-state index contributed by atoms with van der Waals surface area (Å²) in [7, 11) is 0. The lowest BCUT2D eigenvalue weighted by Crippen LogP contribution is -2.28. The fourth-order valence-electron chi connectivity index (χ4n) is 10.5. The molecule has 0 saturated carbocycles. The first-order valence-electron chi connectivity index (χ1n) is 20.6. The second-order valence-electron chi connectivity index (χ2n) is 16.0. The van der Waals surface area contributed by atoms with E-state index in [2.05, 4.69) is 235 Å². The van der Waals surface area contributed by atoms with Crippen LogP contribution in [-0.4, -0.2) is 0 Å². The molecule has 59 heavy (non-hydrogen) atoms. The third-order valence-corrected chi connectivity index (χ3v) is 13.0. The lowest BCUT2D eigenvalue weighted by molar-refractivity contribution is 0.768. The average molecular weight is 750 g/mol. The van der Waals surface area contributed by atoms with E-state index in [4.69, 9.17) is 0 Å². The summed E-state index contributed by atoms with van der Waals surface area (Å²) < 4.78 is 0. The van der Waals surface area contributed by atoms with E-state index in [0.29, 0.717) is 0 Å². The van der Waals surface area contributed by atoms with Crippen LogP contribution in [0.4, 0.5) is 17.1 Å². The van der Waals surface area contributed by atoms with Crippen molar-refractivity contribution in [3.05, 3.63) is 269 Å². The van der Waals surface area contributed by atoms with Gasteiger partial charge in [0.15, 0.2) is 0 Å². The predicted molar refractivity (Wildman–Crippen MR) is 246 cm³/mol. The van der Waals surface area contributed by atoms with Crippen LogP contribution in [0.1, 0.15) is 44.9 Å². The summed E-state index contributed by atoms with van der Waals surface area (Å²) in [6, 6.07) is 85.7. The van der Waals surface area contributed by atoms with Gasteiger partial charge in [0.1, 0.15) is 0 Å². The molecule has 0 amide bonds. The second kappa shape index (κ2) is 13.3. The minimum absolute atomic E-state index is 0.129. The molecule has 1 atom stereocenters. The number of anilines is 3. The highest BCUT2D eigenvalue weighted by Gasteiger charge is 2.46. The van der Waals surface area contributed by atoms with Crippen molar-refractivity contribution >= 4 is 38.6 Å². The topological polar surface area (TPSA) is 3.24 Å². The van der Waals surface area contributed by atoms with E-state index in [1.54, 1.807) is 0 Å². The molecule has 0 bridgehead atoms. The van der Waals surface area contributed by atoms with E-state index in [-0.39, 0.29) is 5.92 Å². The Morgan fingerprint density at radius 1 is 0.322 bits per heavy atom. The fourth-order valence-corrected chi connectivity index (χ4v) is 10.5. The summed E-state index contributed by atoms with van der Waals surface area (Å²) in [5.41, 5.74) is 17.2. The quantitative estimate of drug-likeness (QED) is 0.164. The predicted octanol–water partition coefficient (Wildman–Crippen LogP) is 15.0. The van der Waals surface area contributed by atoms with Crippen LogP contribution < -0.4 is 4.90 Å². The molecule has 2 aliphatic rings. The monoisotopic (exact) mass is 749 g/mol. The number of benzene rings is 10. The Morgan fingerprint density at radius 3 is 1.64 bits per heavy atom. The molecule has 2 aliphatic carbocycles. The first kappa shape index (κ1) is 33.6. The molecule has 10 aromatic carbocycles. The molecule has 12 rings (SSSR count). The molecule has 0 spiro atoms. The Bertz CT molecular complexity index is 3170. The molecule has 276 valence electrons. The van der Waals surface area contributed by atoms with Crippen molar-refractivity contribution < 1.29 is 0 Å². The first-order valence-corrected chi connectivity index (χ1v) is 20.6. The van der Waals surface area contributed by atoms with E-state index < -0.39 is 5.41 Å². The highest BCUT2D eigenvalue weighted by atomic mass is 15.1. The van der Waals surface area contributed by atoms with Gasteiger partial charge >= 0.3 is 0 Å². The average Bonchev–Trinajstić information content (AvgIpc) is 3.61. The van der Waals surface area contributed by atoms with Gasteiger partial charge < -0.3 is 4.90 Å². The third-order valence-electron chi connectivity index (χ3n) is 13.0. The molecule has 0 aliphatic heterocycles. The highest BCUT2D eigenvalue weighted by molar-refractivity contribution is 6.03. The van der Waals surface area contributed by atoms with Crippen molar-refractivity contribution in [3.63, 3.8) is 0 Å². The van der Waals surface area contributed by atoms with E-state index in [1.807, 2.05) is 0 Å². The van der Waals surface area contributed by atoms with Gasteiger partial charge in [-0.15, -0.1) is 0 Å². The van der Waals surface area contributed by atoms with Gasteiger partial charge in [-0.2, -0.15) is 0 Å². The smallest absolute Gasteiger partial charge is 0.0714 e. The van der Waals surface area contributed by atoms with Gasteiger partial charge in [0.25, 0.3) is 0 Å². The number of hydrogen-bond acceptors (Lipinski definition) is 1. The standard InChI is InChI=1S/C58H39N/c1-3-19-43(20-4-1)58(44-21-5-2-6-22-44)54-28-12-11-24-49(54)50-36-35-47(38-55(50)58)59(46-34-29-39-15-7-8-16-42(39)37-46)45-32-30-41(31-33-45)57-51-25-10-9-23-48(51)52-26-13-17-40-18-14-27-53(57)56(40)52/h1-38,57H. The molecule has 0 fully saturated rings. The molecule has 0 radical (unpaired) electrons. The van der Waals surface area contributed by atoms with Gasteiger partial charge in [-0.05, 0) is 119 Å². The maximum Gasteiger partial charge on any atom is 0.0714 e. The number of fused-ring (bicyclic) bond motifs is 6. The highest BCUT2D eigenvalue weighted by Crippen LogP contribution is 2.57. The summed E-state index contributed by atoms with van der Waals surface area (Å²) >= 11 is 0. The molecule has 10 aromatic rings.